The van der Waals surface area contributed by atoms with Crippen LogP contribution < -0.4 is 10.9 Å². The van der Waals surface area contributed by atoms with Gasteiger partial charge in [-0.3, -0.25) is 4.79 Å². The lowest BCUT2D eigenvalue weighted by Gasteiger charge is -1.99. The number of benzene rings is 1. The lowest BCUT2D eigenvalue weighted by atomic mass is 10.3. The van der Waals surface area contributed by atoms with Crippen molar-refractivity contribution >= 4 is 27.6 Å². The molecule has 5 heteroatoms. The molecule has 0 aliphatic carbocycles. The Hall–Kier alpha value is -1.88. The van der Waals surface area contributed by atoms with Gasteiger partial charge in [0.2, 0.25) is 0 Å². The van der Waals surface area contributed by atoms with Crippen LogP contribution >= 0.6 is 11.5 Å². The monoisotopic (exact) mass is 234 g/mol. The van der Waals surface area contributed by atoms with Crippen LogP contribution in [0.2, 0.25) is 0 Å². The lowest BCUT2D eigenvalue weighted by molar-refractivity contribution is 0.245. The Balaban J connectivity index is 2.45. The van der Waals surface area contributed by atoms with Crippen molar-refractivity contribution in [3.8, 4) is 0 Å². The molecule has 82 valence electrons. The Kier molecular flexibility index (Phi) is 2.87. The lowest BCUT2D eigenvalue weighted by Crippen LogP contribution is -2.32. The summed E-state index contributed by atoms with van der Waals surface area (Å²) >= 11 is 1.14. The first kappa shape index (κ1) is 10.6. The molecule has 0 atom stereocenters. The molecule has 1 amide bonds. The quantitative estimate of drug-likeness (QED) is 0.806. The standard InChI is InChI=1S/C11H10N2O2S/c1-2-7-12-11(15)13-10(14)8-5-3-4-6-9(8)16-13/h2-6H,1,7H2,(H,12,15). The summed E-state index contributed by atoms with van der Waals surface area (Å²) in [5.41, 5.74) is -0.276. The molecule has 2 rings (SSSR count). The van der Waals surface area contributed by atoms with E-state index in [4.69, 9.17) is 0 Å². The third kappa shape index (κ3) is 1.77. The van der Waals surface area contributed by atoms with Gasteiger partial charge in [0.15, 0.2) is 0 Å². The van der Waals surface area contributed by atoms with E-state index < -0.39 is 6.03 Å². The summed E-state index contributed by atoms with van der Waals surface area (Å²) < 4.78 is 1.93. The van der Waals surface area contributed by atoms with Gasteiger partial charge < -0.3 is 5.32 Å². The molecule has 0 radical (unpaired) electrons. The minimum absolute atomic E-state index is 0.276. The van der Waals surface area contributed by atoms with Crippen LogP contribution in [0.15, 0.2) is 41.7 Å². The number of nitrogens with one attached hydrogen (secondary N) is 1. The Labute approximate surface area is 96.0 Å². The van der Waals surface area contributed by atoms with Crippen molar-refractivity contribution in [2.45, 2.75) is 0 Å². The SMILES string of the molecule is C=CCNC(=O)n1sc2ccccc2c1=O. The number of hydrogen-bond acceptors (Lipinski definition) is 3. The van der Waals surface area contributed by atoms with E-state index in [9.17, 15) is 9.59 Å². The molecule has 1 N–H and O–H groups in total. The average Bonchev–Trinajstić information content (AvgIpc) is 2.64. The third-order valence-electron chi connectivity index (χ3n) is 2.07. The summed E-state index contributed by atoms with van der Waals surface area (Å²) in [7, 11) is 0. The van der Waals surface area contributed by atoms with Gasteiger partial charge in [-0.15, -0.1) is 6.58 Å². The molecule has 0 aliphatic rings. The summed E-state index contributed by atoms with van der Waals surface area (Å²) in [5.74, 6) is 0. The van der Waals surface area contributed by atoms with E-state index in [1.807, 2.05) is 12.1 Å². The third-order valence-corrected chi connectivity index (χ3v) is 3.14. The van der Waals surface area contributed by atoms with Crippen molar-refractivity contribution in [2.24, 2.45) is 0 Å². The van der Waals surface area contributed by atoms with E-state index in [0.717, 1.165) is 20.2 Å². The zero-order valence-electron chi connectivity index (χ0n) is 8.47. The molecule has 1 aromatic carbocycles. The van der Waals surface area contributed by atoms with E-state index in [1.54, 1.807) is 18.2 Å². The highest BCUT2D eigenvalue weighted by atomic mass is 32.1. The number of hydrogen-bond donors (Lipinski definition) is 1. The molecule has 16 heavy (non-hydrogen) atoms. The summed E-state index contributed by atoms with van der Waals surface area (Å²) in [6.07, 6.45) is 1.57. The Morgan fingerprint density at radius 1 is 1.50 bits per heavy atom. The minimum Gasteiger partial charge on any atom is -0.333 e. The fraction of sp³-hybridized carbons (Fsp3) is 0.0909. The van der Waals surface area contributed by atoms with Crippen LogP contribution in [-0.2, 0) is 0 Å². The number of carbonyl (C=O) groups is 1. The van der Waals surface area contributed by atoms with Crippen molar-refractivity contribution in [2.75, 3.05) is 6.54 Å². The molecule has 1 aromatic heterocycles. The van der Waals surface area contributed by atoms with Crippen LogP contribution in [0.25, 0.3) is 10.1 Å². The highest BCUT2D eigenvalue weighted by molar-refractivity contribution is 7.14. The van der Waals surface area contributed by atoms with Crippen LogP contribution in [0.4, 0.5) is 4.79 Å². The van der Waals surface area contributed by atoms with Gasteiger partial charge in [0.25, 0.3) is 5.56 Å². The van der Waals surface area contributed by atoms with Crippen molar-refractivity contribution in [1.29, 1.82) is 0 Å². The molecule has 2 aromatic rings. The average molecular weight is 234 g/mol. The summed E-state index contributed by atoms with van der Waals surface area (Å²) in [6.45, 7) is 3.84. The molecule has 0 fully saturated rings. The van der Waals surface area contributed by atoms with Crippen LogP contribution in [-0.4, -0.2) is 16.5 Å². The predicted molar refractivity (Wildman–Crippen MR) is 65.1 cm³/mol. The number of aromatic nitrogens is 1. The second-order valence-electron chi connectivity index (χ2n) is 3.16. The van der Waals surface area contributed by atoms with Crippen LogP contribution in [0.1, 0.15) is 0 Å². The predicted octanol–water partition coefficient (Wildman–Crippen LogP) is 1.81. The first-order valence-corrected chi connectivity index (χ1v) is 5.51. The van der Waals surface area contributed by atoms with E-state index >= 15 is 0 Å². The van der Waals surface area contributed by atoms with Gasteiger partial charge >= 0.3 is 6.03 Å². The smallest absolute Gasteiger partial charge is 0.333 e. The molecule has 0 aliphatic heterocycles. The number of nitrogens with zero attached hydrogens (tertiary/aromatic N) is 1. The van der Waals surface area contributed by atoms with E-state index in [2.05, 4.69) is 11.9 Å². The number of rotatable bonds is 2. The molecule has 0 unspecified atom stereocenters. The van der Waals surface area contributed by atoms with Crippen LogP contribution in [0.5, 0.6) is 0 Å². The van der Waals surface area contributed by atoms with Gasteiger partial charge in [-0.25, -0.2) is 4.79 Å². The van der Waals surface area contributed by atoms with Gasteiger partial charge in [0.05, 0.1) is 10.1 Å². The minimum atomic E-state index is -0.411. The molecular weight excluding hydrogens is 224 g/mol. The highest BCUT2D eigenvalue weighted by Gasteiger charge is 2.11. The van der Waals surface area contributed by atoms with E-state index in [-0.39, 0.29) is 5.56 Å². The highest BCUT2D eigenvalue weighted by Crippen LogP contribution is 2.15. The topological polar surface area (TPSA) is 51.1 Å². The van der Waals surface area contributed by atoms with Crippen molar-refractivity contribution in [3.05, 3.63) is 47.3 Å². The first-order valence-electron chi connectivity index (χ1n) is 4.74. The van der Waals surface area contributed by atoms with Gasteiger partial charge in [0.1, 0.15) is 0 Å². The Morgan fingerprint density at radius 2 is 2.25 bits per heavy atom. The molecular formula is C11H10N2O2S. The maximum Gasteiger partial charge on any atom is 0.338 e. The number of amides is 1. The fourth-order valence-corrected chi connectivity index (χ4v) is 2.26. The molecule has 4 nitrogen and oxygen atoms in total. The fourth-order valence-electron chi connectivity index (χ4n) is 1.34. The molecule has 1 heterocycles. The summed E-state index contributed by atoms with van der Waals surface area (Å²) in [5, 5.41) is 3.14. The van der Waals surface area contributed by atoms with Gasteiger partial charge in [-0.05, 0) is 23.7 Å². The first-order chi connectivity index (χ1) is 7.74. The molecule has 0 saturated heterocycles. The maximum atomic E-state index is 11.8. The second kappa shape index (κ2) is 4.32. The van der Waals surface area contributed by atoms with Gasteiger partial charge in [-0.2, -0.15) is 3.96 Å². The van der Waals surface area contributed by atoms with E-state index in [0.29, 0.717) is 11.9 Å². The largest absolute Gasteiger partial charge is 0.338 e. The van der Waals surface area contributed by atoms with E-state index in [1.165, 1.54) is 0 Å². The Morgan fingerprint density at radius 3 is 2.94 bits per heavy atom. The van der Waals surface area contributed by atoms with Crippen LogP contribution in [0, 0.1) is 0 Å². The Bertz CT molecular complexity index is 597. The van der Waals surface area contributed by atoms with Gasteiger partial charge in [0, 0.05) is 6.54 Å². The number of fused-ring (bicyclic) bond motifs is 1. The summed E-state index contributed by atoms with van der Waals surface area (Å²) in [4.78, 5) is 23.4. The van der Waals surface area contributed by atoms with Crippen molar-refractivity contribution in [3.63, 3.8) is 0 Å². The van der Waals surface area contributed by atoms with Gasteiger partial charge in [-0.1, -0.05) is 18.2 Å². The molecule has 0 spiro atoms. The van der Waals surface area contributed by atoms with Crippen molar-refractivity contribution < 1.29 is 4.79 Å². The zero-order chi connectivity index (χ0) is 11.5. The second-order valence-corrected chi connectivity index (χ2v) is 4.15. The maximum absolute atomic E-state index is 11.8. The zero-order valence-corrected chi connectivity index (χ0v) is 9.29. The molecule has 0 bridgehead atoms. The summed E-state index contributed by atoms with van der Waals surface area (Å²) in [6, 6.07) is 6.74. The van der Waals surface area contributed by atoms with Crippen LogP contribution in [0.3, 0.4) is 0 Å². The number of carbonyl (C=O) groups excluding carboxylic acids is 1. The van der Waals surface area contributed by atoms with Crippen molar-refractivity contribution in [1.82, 2.24) is 9.27 Å². The molecule has 0 saturated carbocycles. The normalized spacial score (nSPS) is 10.2.